The average Bonchev–Trinajstić information content (AvgIpc) is 2.71. The Bertz CT molecular complexity index is 586. The van der Waals surface area contributed by atoms with Gasteiger partial charge in [-0.2, -0.15) is 0 Å². The molecule has 2 rings (SSSR count). The molecule has 0 aliphatic carbocycles. The normalized spacial score (nSPS) is 11.3. The van der Waals surface area contributed by atoms with Gasteiger partial charge in [0, 0.05) is 13.7 Å². The second kappa shape index (κ2) is 6.54. The minimum Gasteiger partial charge on any atom is -0.382 e. The van der Waals surface area contributed by atoms with E-state index in [1.165, 1.54) is 0 Å². The molecule has 0 spiro atoms. The summed E-state index contributed by atoms with van der Waals surface area (Å²) >= 11 is 0. The van der Waals surface area contributed by atoms with Gasteiger partial charge in [-0.25, -0.2) is 4.79 Å². The van der Waals surface area contributed by atoms with Gasteiger partial charge in [-0.05, 0) is 19.1 Å². The summed E-state index contributed by atoms with van der Waals surface area (Å²) < 4.78 is 13.9. The van der Waals surface area contributed by atoms with E-state index in [2.05, 4.69) is 0 Å². The van der Waals surface area contributed by atoms with Gasteiger partial charge in [0.1, 0.15) is 0 Å². The summed E-state index contributed by atoms with van der Waals surface area (Å²) in [6, 6.07) is 7.85. The predicted octanol–water partition coefficient (Wildman–Crippen LogP) is 1.49. The maximum atomic E-state index is 12.3. The number of nitrogens with zero attached hydrogens (tertiary/aromatic N) is 2. The van der Waals surface area contributed by atoms with Gasteiger partial charge in [-0.15, -0.1) is 0 Å². The van der Waals surface area contributed by atoms with E-state index in [1.807, 2.05) is 31.2 Å². The quantitative estimate of drug-likeness (QED) is 0.712. The summed E-state index contributed by atoms with van der Waals surface area (Å²) in [6.45, 7) is 4.87. The lowest BCUT2D eigenvalue weighted by atomic mass is 10.3. The minimum atomic E-state index is 0.0269. The third-order valence-electron chi connectivity index (χ3n) is 3.13. The molecule has 0 aliphatic heterocycles. The second-order valence-electron chi connectivity index (χ2n) is 4.27. The van der Waals surface area contributed by atoms with E-state index in [0.29, 0.717) is 32.9 Å². The first-order valence-corrected chi connectivity index (χ1v) is 6.54. The fraction of sp³-hybridized carbons (Fsp3) is 0.500. The highest BCUT2D eigenvalue weighted by atomic mass is 16.5. The first-order chi connectivity index (χ1) is 9.29. The Hall–Kier alpha value is -1.59. The number of hydrogen-bond donors (Lipinski definition) is 0. The summed E-state index contributed by atoms with van der Waals surface area (Å²) in [4.78, 5) is 12.3. The molecule has 0 saturated carbocycles. The first kappa shape index (κ1) is 13.8. The number of para-hydroxylation sites is 2. The van der Waals surface area contributed by atoms with Crippen LogP contribution >= 0.6 is 0 Å². The topological polar surface area (TPSA) is 45.4 Å². The number of benzene rings is 1. The molecule has 5 heteroatoms. The van der Waals surface area contributed by atoms with Crippen molar-refractivity contribution in [2.24, 2.45) is 0 Å². The molecule has 19 heavy (non-hydrogen) atoms. The third kappa shape index (κ3) is 2.88. The highest BCUT2D eigenvalue weighted by Crippen LogP contribution is 2.12. The van der Waals surface area contributed by atoms with Gasteiger partial charge in [-0.1, -0.05) is 12.1 Å². The van der Waals surface area contributed by atoms with Crippen molar-refractivity contribution in [3.8, 4) is 0 Å². The van der Waals surface area contributed by atoms with Crippen LogP contribution < -0.4 is 5.69 Å². The second-order valence-corrected chi connectivity index (χ2v) is 4.27. The average molecular weight is 264 g/mol. The molecular weight excluding hydrogens is 244 g/mol. The molecule has 0 N–H and O–H groups in total. The Morgan fingerprint density at radius 3 is 2.37 bits per heavy atom. The fourth-order valence-corrected chi connectivity index (χ4v) is 2.19. The molecule has 2 aromatic rings. The number of hydrogen-bond acceptors (Lipinski definition) is 3. The van der Waals surface area contributed by atoms with E-state index in [-0.39, 0.29) is 5.69 Å². The summed E-state index contributed by atoms with van der Waals surface area (Å²) in [5.74, 6) is 0. The van der Waals surface area contributed by atoms with Crippen molar-refractivity contribution in [3.05, 3.63) is 34.7 Å². The van der Waals surface area contributed by atoms with Gasteiger partial charge in [0.05, 0.1) is 37.4 Å². The zero-order chi connectivity index (χ0) is 13.7. The van der Waals surface area contributed by atoms with Gasteiger partial charge in [0.25, 0.3) is 0 Å². The molecule has 0 amide bonds. The highest BCUT2D eigenvalue weighted by Gasteiger charge is 2.10. The van der Waals surface area contributed by atoms with Crippen LogP contribution in [0, 0.1) is 0 Å². The van der Waals surface area contributed by atoms with Gasteiger partial charge in [0.15, 0.2) is 0 Å². The lowest BCUT2D eigenvalue weighted by Crippen LogP contribution is -2.25. The predicted molar refractivity (Wildman–Crippen MR) is 74.6 cm³/mol. The number of aromatic nitrogens is 2. The number of imidazole rings is 1. The number of methoxy groups -OCH3 is 1. The Kier molecular flexibility index (Phi) is 4.76. The van der Waals surface area contributed by atoms with Crippen molar-refractivity contribution in [1.29, 1.82) is 0 Å². The molecule has 0 radical (unpaired) electrons. The lowest BCUT2D eigenvalue weighted by molar-refractivity contribution is 0.0666. The van der Waals surface area contributed by atoms with Crippen molar-refractivity contribution in [2.75, 3.05) is 26.9 Å². The smallest absolute Gasteiger partial charge is 0.329 e. The zero-order valence-electron chi connectivity index (χ0n) is 11.5. The molecule has 5 nitrogen and oxygen atoms in total. The zero-order valence-corrected chi connectivity index (χ0v) is 11.5. The number of ether oxygens (including phenoxy) is 2. The van der Waals surface area contributed by atoms with E-state index in [0.717, 1.165) is 11.0 Å². The van der Waals surface area contributed by atoms with Crippen LogP contribution in [0.15, 0.2) is 29.1 Å². The van der Waals surface area contributed by atoms with Crippen molar-refractivity contribution in [1.82, 2.24) is 9.13 Å². The molecule has 104 valence electrons. The van der Waals surface area contributed by atoms with Crippen LogP contribution in [0.3, 0.4) is 0 Å². The van der Waals surface area contributed by atoms with Gasteiger partial charge < -0.3 is 9.47 Å². The molecule has 1 aromatic heterocycles. The minimum absolute atomic E-state index is 0.0269. The maximum absolute atomic E-state index is 12.3. The Morgan fingerprint density at radius 2 is 1.74 bits per heavy atom. The van der Waals surface area contributed by atoms with E-state index < -0.39 is 0 Å². The molecule has 0 unspecified atom stereocenters. The first-order valence-electron chi connectivity index (χ1n) is 6.54. The van der Waals surface area contributed by atoms with Crippen molar-refractivity contribution < 1.29 is 9.47 Å². The summed E-state index contributed by atoms with van der Waals surface area (Å²) in [7, 11) is 1.64. The fourth-order valence-electron chi connectivity index (χ4n) is 2.19. The van der Waals surface area contributed by atoms with E-state index >= 15 is 0 Å². The van der Waals surface area contributed by atoms with Gasteiger partial charge in [-0.3, -0.25) is 9.13 Å². The van der Waals surface area contributed by atoms with Crippen LogP contribution in [0.1, 0.15) is 6.92 Å². The largest absolute Gasteiger partial charge is 0.382 e. The number of aryl methyl sites for hydroxylation is 1. The number of fused-ring (bicyclic) bond motifs is 1. The summed E-state index contributed by atoms with van der Waals surface area (Å²) in [5, 5.41) is 0. The van der Waals surface area contributed by atoms with Crippen molar-refractivity contribution in [3.63, 3.8) is 0 Å². The molecule has 0 atom stereocenters. The van der Waals surface area contributed by atoms with Crippen LogP contribution in [0.4, 0.5) is 0 Å². The summed E-state index contributed by atoms with van der Waals surface area (Å²) in [6.07, 6.45) is 0. The summed E-state index contributed by atoms with van der Waals surface area (Å²) in [5.41, 5.74) is 1.97. The monoisotopic (exact) mass is 264 g/mol. The van der Waals surface area contributed by atoms with Crippen LogP contribution in [0.2, 0.25) is 0 Å². The Morgan fingerprint density at radius 1 is 1.05 bits per heavy atom. The van der Waals surface area contributed by atoms with Crippen LogP contribution in [0.25, 0.3) is 11.0 Å². The standard InChI is InChI=1S/C14H20N2O3/c1-3-15-12-6-4-5-7-13(12)16(14(15)17)8-9-19-11-10-18-2/h4-7H,3,8-11H2,1-2H3. The molecule has 1 aromatic carbocycles. The van der Waals surface area contributed by atoms with Crippen molar-refractivity contribution in [2.45, 2.75) is 20.0 Å². The lowest BCUT2D eigenvalue weighted by Gasteiger charge is -2.04. The van der Waals surface area contributed by atoms with E-state index in [1.54, 1.807) is 16.2 Å². The molecule has 0 aliphatic rings. The molecule has 0 bridgehead atoms. The SMILES string of the molecule is CCn1c(=O)n(CCOCCOC)c2ccccc21. The highest BCUT2D eigenvalue weighted by molar-refractivity contribution is 5.75. The van der Waals surface area contributed by atoms with E-state index in [4.69, 9.17) is 9.47 Å². The Labute approximate surface area is 112 Å². The van der Waals surface area contributed by atoms with Gasteiger partial charge in [0.2, 0.25) is 0 Å². The molecule has 0 saturated heterocycles. The Balaban J connectivity index is 2.18. The molecule has 1 heterocycles. The van der Waals surface area contributed by atoms with Crippen LogP contribution in [-0.2, 0) is 22.6 Å². The molecule has 0 fully saturated rings. The molecular formula is C14H20N2O3. The third-order valence-corrected chi connectivity index (χ3v) is 3.13. The number of rotatable bonds is 7. The van der Waals surface area contributed by atoms with Gasteiger partial charge >= 0.3 is 5.69 Å². The van der Waals surface area contributed by atoms with E-state index in [9.17, 15) is 4.79 Å². The van der Waals surface area contributed by atoms with Crippen LogP contribution in [-0.4, -0.2) is 36.1 Å². The van der Waals surface area contributed by atoms with Crippen LogP contribution in [0.5, 0.6) is 0 Å². The van der Waals surface area contributed by atoms with Crippen molar-refractivity contribution >= 4 is 11.0 Å². The maximum Gasteiger partial charge on any atom is 0.329 e.